The third-order valence-corrected chi connectivity index (χ3v) is 5.17. The molecule has 1 aliphatic rings. The molecule has 1 aromatic rings. The van der Waals surface area contributed by atoms with E-state index >= 15 is 0 Å². The monoisotopic (exact) mass is 266 g/mol. The van der Waals surface area contributed by atoms with Crippen LogP contribution in [0.3, 0.4) is 0 Å². The third-order valence-electron chi connectivity index (χ3n) is 3.94. The van der Waals surface area contributed by atoms with Crippen LogP contribution >= 0.6 is 11.3 Å². The molecule has 0 radical (unpaired) electrons. The number of likely N-dealkylation sites (tertiary alicyclic amines) is 1. The maximum Gasteiger partial charge on any atom is 0.0299 e. The lowest BCUT2D eigenvalue weighted by Crippen LogP contribution is -2.38. The molecule has 0 saturated carbocycles. The Morgan fingerprint density at radius 3 is 2.89 bits per heavy atom. The van der Waals surface area contributed by atoms with E-state index in [1.165, 1.54) is 42.0 Å². The number of hydrogen-bond acceptors (Lipinski definition) is 3. The summed E-state index contributed by atoms with van der Waals surface area (Å²) >= 11 is 1.95. The fourth-order valence-electron chi connectivity index (χ4n) is 2.70. The fourth-order valence-corrected chi connectivity index (χ4v) is 3.62. The molecule has 102 valence electrons. The number of hydrogen-bond donors (Lipinski definition) is 1. The van der Waals surface area contributed by atoms with Gasteiger partial charge in [-0.15, -0.1) is 11.3 Å². The predicted octanol–water partition coefficient (Wildman–Crippen LogP) is 3.27. The summed E-state index contributed by atoms with van der Waals surface area (Å²) in [5.74, 6) is 0. The standard InChI is InChI=1S/C15H26N2S/c1-3-14-7-8-15(18-14)12-16-10-9-13-6-4-5-11-17(13)2/h7-8,13,16H,3-6,9-12H2,1-2H3. The highest BCUT2D eigenvalue weighted by Crippen LogP contribution is 2.18. The fraction of sp³-hybridized carbons (Fsp3) is 0.733. The van der Waals surface area contributed by atoms with Crippen LogP contribution in [-0.4, -0.2) is 31.1 Å². The maximum atomic E-state index is 3.59. The average Bonchev–Trinajstić information content (AvgIpc) is 2.84. The Kier molecular flexibility index (Phi) is 5.67. The van der Waals surface area contributed by atoms with Crippen molar-refractivity contribution in [2.45, 2.75) is 51.6 Å². The first-order chi connectivity index (χ1) is 8.79. The van der Waals surface area contributed by atoms with Crippen LogP contribution in [0.15, 0.2) is 12.1 Å². The van der Waals surface area contributed by atoms with Gasteiger partial charge in [-0.25, -0.2) is 0 Å². The van der Waals surface area contributed by atoms with Crippen molar-refractivity contribution >= 4 is 11.3 Å². The molecule has 18 heavy (non-hydrogen) atoms. The summed E-state index contributed by atoms with van der Waals surface area (Å²) in [4.78, 5) is 5.51. The number of nitrogens with one attached hydrogen (secondary N) is 1. The van der Waals surface area contributed by atoms with Crippen LogP contribution in [0.4, 0.5) is 0 Å². The van der Waals surface area contributed by atoms with E-state index in [1.807, 2.05) is 11.3 Å². The van der Waals surface area contributed by atoms with Crippen molar-refractivity contribution in [1.82, 2.24) is 10.2 Å². The Morgan fingerprint density at radius 1 is 1.33 bits per heavy atom. The van der Waals surface area contributed by atoms with Gasteiger partial charge in [-0.05, 0) is 58.0 Å². The average molecular weight is 266 g/mol. The molecule has 1 atom stereocenters. The number of thiophene rings is 1. The molecule has 1 saturated heterocycles. The minimum atomic E-state index is 0.806. The molecule has 0 spiro atoms. The van der Waals surface area contributed by atoms with Crippen molar-refractivity contribution in [3.8, 4) is 0 Å². The molecule has 1 N–H and O–H groups in total. The van der Waals surface area contributed by atoms with Crippen molar-refractivity contribution < 1.29 is 0 Å². The van der Waals surface area contributed by atoms with E-state index in [2.05, 4.69) is 36.3 Å². The lowest BCUT2D eigenvalue weighted by atomic mass is 10.0. The lowest BCUT2D eigenvalue weighted by molar-refractivity contribution is 0.175. The van der Waals surface area contributed by atoms with Crippen LogP contribution in [0.5, 0.6) is 0 Å². The third kappa shape index (κ3) is 4.08. The van der Waals surface area contributed by atoms with Crippen molar-refractivity contribution in [1.29, 1.82) is 0 Å². The van der Waals surface area contributed by atoms with Crippen LogP contribution in [0.2, 0.25) is 0 Å². The lowest BCUT2D eigenvalue weighted by Gasteiger charge is -2.32. The van der Waals surface area contributed by atoms with Gasteiger partial charge in [0.15, 0.2) is 0 Å². The van der Waals surface area contributed by atoms with E-state index < -0.39 is 0 Å². The first-order valence-corrected chi connectivity index (χ1v) is 8.09. The number of aryl methyl sites for hydroxylation is 1. The minimum Gasteiger partial charge on any atom is -0.312 e. The second kappa shape index (κ2) is 7.27. The van der Waals surface area contributed by atoms with Crippen molar-refractivity contribution in [3.05, 3.63) is 21.9 Å². The zero-order valence-electron chi connectivity index (χ0n) is 11.7. The molecule has 1 aromatic heterocycles. The van der Waals surface area contributed by atoms with Gasteiger partial charge in [-0.3, -0.25) is 0 Å². The molecular weight excluding hydrogens is 240 g/mol. The van der Waals surface area contributed by atoms with Gasteiger partial charge in [0.2, 0.25) is 0 Å². The smallest absolute Gasteiger partial charge is 0.0299 e. The first-order valence-electron chi connectivity index (χ1n) is 7.28. The molecule has 1 unspecified atom stereocenters. The number of nitrogens with zero attached hydrogens (tertiary/aromatic N) is 1. The van der Waals surface area contributed by atoms with Crippen molar-refractivity contribution in [2.75, 3.05) is 20.1 Å². The van der Waals surface area contributed by atoms with E-state index in [1.54, 1.807) is 0 Å². The summed E-state index contributed by atoms with van der Waals surface area (Å²) in [7, 11) is 2.27. The van der Waals surface area contributed by atoms with E-state index in [0.717, 1.165) is 25.6 Å². The molecule has 0 aromatic carbocycles. The Labute approximate surface area is 115 Å². The normalized spacial score (nSPS) is 21.3. The molecule has 1 fully saturated rings. The van der Waals surface area contributed by atoms with E-state index in [-0.39, 0.29) is 0 Å². The molecule has 1 aliphatic heterocycles. The maximum absolute atomic E-state index is 3.59. The highest BCUT2D eigenvalue weighted by Gasteiger charge is 2.17. The molecule has 2 heterocycles. The highest BCUT2D eigenvalue weighted by atomic mass is 32.1. The van der Waals surface area contributed by atoms with Gasteiger partial charge < -0.3 is 10.2 Å². The quantitative estimate of drug-likeness (QED) is 0.795. The molecule has 0 amide bonds. The summed E-state index contributed by atoms with van der Waals surface area (Å²) in [6.07, 6.45) is 6.65. The van der Waals surface area contributed by atoms with E-state index in [4.69, 9.17) is 0 Å². The SMILES string of the molecule is CCc1ccc(CNCCC2CCCCN2C)s1. The van der Waals surface area contributed by atoms with Crippen LogP contribution in [-0.2, 0) is 13.0 Å². The van der Waals surface area contributed by atoms with Gasteiger partial charge in [0.1, 0.15) is 0 Å². The molecule has 2 nitrogen and oxygen atoms in total. The summed E-state index contributed by atoms with van der Waals surface area (Å²) in [6, 6.07) is 5.33. The number of rotatable bonds is 6. The largest absolute Gasteiger partial charge is 0.312 e. The van der Waals surface area contributed by atoms with Crippen LogP contribution in [0, 0.1) is 0 Å². The Balaban J connectivity index is 1.63. The van der Waals surface area contributed by atoms with E-state index in [0.29, 0.717) is 0 Å². The summed E-state index contributed by atoms with van der Waals surface area (Å²) in [5, 5.41) is 3.59. The Hall–Kier alpha value is -0.380. The Morgan fingerprint density at radius 2 is 2.17 bits per heavy atom. The minimum absolute atomic E-state index is 0.806. The number of piperidine rings is 1. The Bertz CT molecular complexity index is 348. The highest BCUT2D eigenvalue weighted by molar-refractivity contribution is 7.11. The molecule has 0 bridgehead atoms. The summed E-state index contributed by atoms with van der Waals surface area (Å²) in [5.41, 5.74) is 0. The zero-order chi connectivity index (χ0) is 12.8. The van der Waals surface area contributed by atoms with Crippen molar-refractivity contribution in [3.63, 3.8) is 0 Å². The van der Waals surface area contributed by atoms with Crippen LogP contribution < -0.4 is 5.32 Å². The van der Waals surface area contributed by atoms with E-state index in [9.17, 15) is 0 Å². The van der Waals surface area contributed by atoms with Crippen molar-refractivity contribution in [2.24, 2.45) is 0 Å². The van der Waals surface area contributed by atoms with Gasteiger partial charge in [0.25, 0.3) is 0 Å². The molecule has 3 heteroatoms. The first kappa shape index (κ1) is 14.0. The second-order valence-electron chi connectivity index (χ2n) is 5.32. The molecular formula is C15H26N2S. The summed E-state index contributed by atoms with van der Waals surface area (Å²) in [6.45, 7) is 5.70. The van der Waals surface area contributed by atoms with Gasteiger partial charge >= 0.3 is 0 Å². The topological polar surface area (TPSA) is 15.3 Å². The van der Waals surface area contributed by atoms with Gasteiger partial charge in [-0.1, -0.05) is 13.3 Å². The predicted molar refractivity (Wildman–Crippen MR) is 80.3 cm³/mol. The zero-order valence-corrected chi connectivity index (χ0v) is 12.6. The molecule has 2 rings (SSSR count). The summed E-state index contributed by atoms with van der Waals surface area (Å²) < 4.78 is 0. The second-order valence-corrected chi connectivity index (χ2v) is 6.57. The van der Waals surface area contributed by atoms with Gasteiger partial charge in [-0.2, -0.15) is 0 Å². The van der Waals surface area contributed by atoms with Crippen LogP contribution in [0.25, 0.3) is 0 Å². The van der Waals surface area contributed by atoms with Gasteiger partial charge in [0.05, 0.1) is 0 Å². The molecule has 0 aliphatic carbocycles. The van der Waals surface area contributed by atoms with Gasteiger partial charge in [0, 0.05) is 22.3 Å². The van der Waals surface area contributed by atoms with Crippen LogP contribution in [0.1, 0.15) is 42.4 Å².